The fraction of sp³-hybridized carbons (Fsp3) is 0.310. The van der Waals surface area contributed by atoms with Crippen molar-refractivity contribution in [2.75, 3.05) is 21.3 Å². The Bertz CT molecular complexity index is 1110. The zero-order valence-electron chi connectivity index (χ0n) is 21.2. The van der Waals surface area contributed by atoms with Crippen LogP contribution in [0.25, 0.3) is 0 Å². The Kier molecular flexibility index (Phi) is 8.53. The van der Waals surface area contributed by atoms with Gasteiger partial charge in [-0.05, 0) is 59.7 Å². The zero-order chi connectivity index (χ0) is 25.4. The van der Waals surface area contributed by atoms with Crippen molar-refractivity contribution >= 4 is 34.6 Å². The highest BCUT2D eigenvalue weighted by Crippen LogP contribution is 2.20. The van der Waals surface area contributed by atoms with Crippen molar-refractivity contribution in [2.45, 2.75) is 47.7 Å². The Morgan fingerprint density at radius 2 is 1.00 bits per heavy atom. The van der Waals surface area contributed by atoms with Crippen LogP contribution in [0.15, 0.2) is 72.8 Å². The van der Waals surface area contributed by atoms with Gasteiger partial charge < -0.3 is 21.3 Å². The SMILES string of the molecule is CC(C)C(=O)Nc1ccc(NCc2ccc(CNc3ccc(NC(=O)C(C)(C)C)cc3)cc2)cc1. The average Bonchev–Trinajstić information content (AvgIpc) is 2.83. The minimum atomic E-state index is -0.421. The van der Waals surface area contributed by atoms with Crippen molar-refractivity contribution < 1.29 is 9.59 Å². The van der Waals surface area contributed by atoms with E-state index in [2.05, 4.69) is 45.5 Å². The van der Waals surface area contributed by atoms with Crippen LogP contribution in [0.5, 0.6) is 0 Å². The predicted molar refractivity (Wildman–Crippen MR) is 146 cm³/mol. The lowest BCUT2D eigenvalue weighted by molar-refractivity contribution is -0.123. The molecule has 35 heavy (non-hydrogen) atoms. The van der Waals surface area contributed by atoms with Gasteiger partial charge in [-0.15, -0.1) is 0 Å². The molecule has 0 aromatic heterocycles. The van der Waals surface area contributed by atoms with Crippen molar-refractivity contribution in [3.63, 3.8) is 0 Å². The van der Waals surface area contributed by atoms with E-state index in [1.807, 2.05) is 83.1 Å². The minimum Gasteiger partial charge on any atom is -0.381 e. The third-order valence-corrected chi connectivity index (χ3v) is 5.52. The van der Waals surface area contributed by atoms with E-state index in [1.165, 1.54) is 11.1 Å². The molecule has 6 heteroatoms. The van der Waals surface area contributed by atoms with Gasteiger partial charge in [-0.2, -0.15) is 0 Å². The monoisotopic (exact) mass is 472 g/mol. The first-order chi connectivity index (χ1) is 16.6. The number of carbonyl (C=O) groups is 2. The molecule has 3 aromatic carbocycles. The molecule has 0 saturated heterocycles. The summed E-state index contributed by atoms with van der Waals surface area (Å²) in [6.45, 7) is 10.9. The molecule has 0 bridgehead atoms. The first-order valence-electron chi connectivity index (χ1n) is 12.0. The normalized spacial score (nSPS) is 11.1. The third kappa shape index (κ3) is 8.18. The van der Waals surface area contributed by atoms with Gasteiger partial charge in [-0.1, -0.05) is 58.9 Å². The molecule has 0 spiro atoms. The van der Waals surface area contributed by atoms with E-state index >= 15 is 0 Å². The lowest BCUT2D eigenvalue weighted by Gasteiger charge is -2.17. The van der Waals surface area contributed by atoms with Crippen molar-refractivity contribution in [2.24, 2.45) is 11.3 Å². The van der Waals surface area contributed by atoms with Crippen molar-refractivity contribution in [3.8, 4) is 0 Å². The zero-order valence-corrected chi connectivity index (χ0v) is 21.2. The van der Waals surface area contributed by atoms with E-state index in [-0.39, 0.29) is 17.7 Å². The molecule has 0 atom stereocenters. The Hall–Kier alpha value is -3.80. The van der Waals surface area contributed by atoms with Crippen LogP contribution in [0.4, 0.5) is 22.7 Å². The van der Waals surface area contributed by atoms with Crippen LogP contribution in [0, 0.1) is 11.3 Å². The fourth-order valence-corrected chi connectivity index (χ4v) is 3.13. The van der Waals surface area contributed by atoms with Crippen LogP contribution in [0.3, 0.4) is 0 Å². The number of amides is 2. The van der Waals surface area contributed by atoms with Crippen molar-refractivity contribution in [3.05, 3.63) is 83.9 Å². The van der Waals surface area contributed by atoms with E-state index in [0.29, 0.717) is 13.1 Å². The standard InChI is InChI=1S/C29H36N4O2/c1-20(2)27(34)32-25-14-10-23(11-15-25)30-18-21-6-8-22(9-7-21)19-31-24-12-16-26(17-13-24)33-28(35)29(3,4)5/h6-17,20,30-31H,18-19H2,1-5H3,(H,32,34)(H,33,35). The maximum Gasteiger partial charge on any atom is 0.229 e. The van der Waals surface area contributed by atoms with E-state index in [0.717, 1.165) is 22.7 Å². The fourth-order valence-electron chi connectivity index (χ4n) is 3.13. The van der Waals surface area contributed by atoms with Gasteiger partial charge in [0.2, 0.25) is 11.8 Å². The molecule has 0 fully saturated rings. The molecule has 4 N–H and O–H groups in total. The molecule has 0 aliphatic rings. The third-order valence-electron chi connectivity index (χ3n) is 5.52. The molecular weight excluding hydrogens is 436 g/mol. The van der Waals surface area contributed by atoms with E-state index in [4.69, 9.17) is 0 Å². The largest absolute Gasteiger partial charge is 0.381 e. The topological polar surface area (TPSA) is 82.3 Å². The van der Waals surface area contributed by atoms with Crippen LogP contribution in [0.2, 0.25) is 0 Å². The average molecular weight is 473 g/mol. The second-order valence-electron chi connectivity index (χ2n) is 10.0. The molecule has 0 radical (unpaired) electrons. The van der Waals surface area contributed by atoms with E-state index in [1.54, 1.807) is 0 Å². The smallest absolute Gasteiger partial charge is 0.229 e. The molecule has 184 valence electrons. The summed E-state index contributed by atoms with van der Waals surface area (Å²) >= 11 is 0. The van der Waals surface area contributed by atoms with Crippen LogP contribution < -0.4 is 21.3 Å². The molecule has 2 amide bonds. The molecule has 3 aromatic rings. The van der Waals surface area contributed by atoms with Gasteiger partial charge in [0.15, 0.2) is 0 Å². The summed E-state index contributed by atoms with van der Waals surface area (Å²) in [5.74, 6) is -0.0269. The van der Waals surface area contributed by atoms with Gasteiger partial charge in [0.25, 0.3) is 0 Å². The number of benzene rings is 3. The number of anilines is 4. The highest BCUT2D eigenvalue weighted by molar-refractivity contribution is 5.94. The second kappa shape index (κ2) is 11.6. The Morgan fingerprint density at radius 1 is 0.629 bits per heavy atom. The predicted octanol–water partition coefficient (Wildman–Crippen LogP) is 6.49. The van der Waals surface area contributed by atoms with Gasteiger partial charge in [-0.3, -0.25) is 9.59 Å². The van der Waals surface area contributed by atoms with Gasteiger partial charge >= 0.3 is 0 Å². The molecule has 0 aliphatic heterocycles. The molecular formula is C29H36N4O2. The quantitative estimate of drug-likeness (QED) is 0.287. The maximum absolute atomic E-state index is 12.1. The van der Waals surface area contributed by atoms with Crippen LogP contribution in [-0.2, 0) is 22.7 Å². The summed E-state index contributed by atoms with van der Waals surface area (Å²) in [6, 6.07) is 24.0. The Labute approximate surface area is 208 Å². The second-order valence-corrected chi connectivity index (χ2v) is 10.0. The Balaban J connectivity index is 1.45. The lowest BCUT2D eigenvalue weighted by atomic mass is 9.95. The Morgan fingerprint density at radius 3 is 1.37 bits per heavy atom. The van der Waals surface area contributed by atoms with Crippen LogP contribution in [-0.4, -0.2) is 11.8 Å². The number of hydrogen-bond acceptors (Lipinski definition) is 4. The minimum absolute atomic E-state index is 0.0000569. The molecule has 0 aliphatic carbocycles. The molecule has 0 unspecified atom stereocenters. The van der Waals surface area contributed by atoms with Gasteiger partial charge in [0.05, 0.1) is 0 Å². The summed E-state index contributed by atoms with van der Waals surface area (Å²) in [5.41, 5.74) is 5.54. The molecule has 0 heterocycles. The number of nitrogens with one attached hydrogen (secondary N) is 4. The van der Waals surface area contributed by atoms with Crippen molar-refractivity contribution in [1.82, 2.24) is 0 Å². The first-order valence-corrected chi connectivity index (χ1v) is 12.0. The summed E-state index contributed by atoms with van der Waals surface area (Å²) < 4.78 is 0. The van der Waals surface area contributed by atoms with Crippen LogP contribution in [0.1, 0.15) is 45.7 Å². The van der Waals surface area contributed by atoms with Gasteiger partial charge in [0, 0.05) is 47.2 Å². The lowest BCUT2D eigenvalue weighted by Crippen LogP contribution is -2.27. The first kappa shape index (κ1) is 25.8. The van der Waals surface area contributed by atoms with E-state index in [9.17, 15) is 9.59 Å². The summed E-state index contributed by atoms with van der Waals surface area (Å²) in [6.07, 6.45) is 0. The number of hydrogen-bond donors (Lipinski definition) is 4. The summed E-state index contributed by atoms with van der Waals surface area (Å²) in [7, 11) is 0. The van der Waals surface area contributed by atoms with E-state index < -0.39 is 5.41 Å². The highest BCUT2D eigenvalue weighted by atomic mass is 16.2. The molecule has 3 rings (SSSR count). The van der Waals surface area contributed by atoms with Crippen molar-refractivity contribution in [1.29, 1.82) is 0 Å². The summed E-state index contributed by atoms with van der Waals surface area (Å²) in [4.78, 5) is 23.9. The summed E-state index contributed by atoms with van der Waals surface area (Å²) in [5, 5.41) is 12.7. The van der Waals surface area contributed by atoms with Crippen LogP contribution >= 0.6 is 0 Å². The highest BCUT2D eigenvalue weighted by Gasteiger charge is 2.20. The molecule has 0 saturated carbocycles. The number of rotatable bonds is 9. The maximum atomic E-state index is 12.1. The number of carbonyl (C=O) groups excluding carboxylic acids is 2. The van der Waals surface area contributed by atoms with Gasteiger partial charge in [0.1, 0.15) is 0 Å². The molecule has 6 nitrogen and oxygen atoms in total. The van der Waals surface area contributed by atoms with Gasteiger partial charge in [-0.25, -0.2) is 0 Å².